The van der Waals surface area contributed by atoms with E-state index >= 15 is 0 Å². The molecule has 0 amide bonds. The first kappa shape index (κ1) is 5.65. The number of nitrogens with zero attached hydrogens (tertiary/aromatic N) is 1. The lowest BCUT2D eigenvalue weighted by Gasteiger charge is -1.88. The molecule has 1 N–H and O–H groups in total. The van der Waals surface area contributed by atoms with Crippen molar-refractivity contribution in [3.05, 3.63) is 17.5 Å². The number of aromatic amines is 1. The van der Waals surface area contributed by atoms with E-state index in [9.17, 15) is 4.79 Å². The highest BCUT2D eigenvalue weighted by Gasteiger charge is 2.26. The molecule has 0 spiro atoms. The van der Waals surface area contributed by atoms with Crippen LogP contribution in [0.5, 0.6) is 0 Å². The Balaban J connectivity index is 2.37. The van der Waals surface area contributed by atoms with Gasteiger partial charge in [-0.05, 0) is 18.8 Å². The van der Waals surface area contributed by atoms with E-state index in [1.165, 1.54) is 12.8 Å². The van der Waals surface area contributed by atoms with Crippen molar-refractivity contribution < 1.29 is 4.79 Å². The van der Waals surface area contributed by atoms with Gasteiger partial charge in [-0.25, -0.2) is 0 Å². The Morgan fingerprint density at radius 3 is 3.10 bits per heavy atom. The molecule has 1 aliphatic rings. The average Bonchev–Trinajstić information content (AvgIpc) is 2.69. The molecule has 10 heavy (non-hydrogen) atoms. The normalized spacial score (nSPS) is 17.2. The molecule has 1 saturated carbocycles. The lowest BCUT2D eigenvalue weighted by molar-refractivity contribution is 0.111. The first-order valence-electron chi connectivity index (χ1n) is 3.40. The van der Waals surface area contributed by atoms with Crippen LogP contribution in [-0.4, -0.2) is 16.5 Å². The summed E-state index contributed by atoms with van der Waals surface area (Å²) >= 11 is 0. The predicted molar refractivity (Wildman–Crippen MR) is 36.0 cm³/mol. The van der Waals surface area contributed by atoms with Crippen molar-refractivity contribution in [2.45, 2.75) is 18.8 Å². The Bertz CT molecular complexity index is 250. The first-order chi connectivity index (χ1) is 4.92. The minimum atomic E-state index is 0.610. The van der Waals surface area contributed by atoms with E-state index in [0.29, 0.717) is 11.6 Å². The van der Waals surface area contributed by atoms with Crippen LogP contribution in [0.1, 0.15) is 34.8 Å². The van der Waals surface area contributed by atoms with Crippen LogP contribution in [0.2, 0.25) is 0 Å². The fourth-order valence-electron chi connectivity index (χ4n) is 1.12. The number of aromatic nitrogens is 2. The van der Waals surface area contributed by atoms with Crippen LogP contribution in [0.4, 0.5) is 0 Å². The summed E-state index contributed by atoms with van der Waals surface area (Å²) in [5.74, 6) is 0.610. The zero-order valence-electron chi connectivity index (χ0n) is 5.50. The van der Waals surface area contributed by atoms with Crippen molar-refractivity contribution in [2.24, 2.45) is 0 Å². The second kappa shape index (κ2) is 1.94. The Hall–Kier alpha value is -1.12. The summed E-state index contributed by atoms with van der Waals surface area (Å²) in [7, 11) is 0. The van der Waals surface area contributed by atoms with Gasteiger partial charge in [0.2, 0.25) is 0 Å². The zero-order chi connectivity index (χ0) is 6.97. The molecule has 0 aliphatic heterocycles. The molecule has 3 heteroatoms. The van der Waals surface area contributed by atoms with Crippen molar-refractivity contribution in [3.63, 3.8) is 0 Å². The van der Waals surface area contributed by atoms with E-state index in [0.717, 1.165) is 11.8 Å². The molecule has 1 aromatic rings. The summed E-state index contributed by atoms with van der Waals surface area (Å²) in [6.07, 6.45) is 5.00. The molecule has 0 bridgehead atoms. The summed E-state index contributed by atoms with van der Waals surface area (Å²) in [5.41, 5.74) is 1.75. The molecule has 52 valence electrons. The number of nitrogens with one attached hydrogen (secondary N) is 1. The third kappa shape index (κ3) is 0.744. The first-order valence-corrected chi connectivity index (χ1v) is 3.40. The highest BCUT2D eigenvalue weighted by Crippen LogP contribution is 2.40. The maximum absolute atomic E-state index is 10.3. The van der Waals surface area contributed by atoms with E-state index in [1.807, 2.05) is 0 Å². The number of hydrogen-bond acceptors (Lipinski definition) is 2. The molecular formula is C7H8N2O. The van der Waals surface area contributed by atoms with E-state index in [4.69, 9.17) is 0 Å². The van der Waals surface area contributed by atoms with Gasteiger partial charge in [-0.2, -0.15) is 5.10 Å². The third-order valence-electron chi connectivity index (χ3n) is 1.83. The van der Waals surface area contributed by atoms with Gasteiger partial charge in [-0.15, -0.1) is 0 Å². The van der Waals surface area contributed by atoms with Crippen molar-refractivity contribution in [3.8, 4) is 0 Å². The highest BCUT2D eigenvalue weighted by atomic mass is 16.1. The zero-order valence-corrected chi connectivity index (χ0v) is 5.50. The van der Waals surface area contributed by atoms with Gasteiger partial charge in [0, 0.05) is 5.56 Å². The number of carbonyl (C=O) groups is 1. The summed E-state index contributed by atoms with van der Waals surface area (Å²) in [6.45, 7) is 0. The van der Waals surface area contributed by atoms with Crippen LogP contribution in [0.3, 0.4) is 0 Å². The fraction of sp³-hybridized carbons (Fsp3) is 0.429. The molecule has 0 unspecified atom stereocenters. The maximum Gasteiger partial charge on any atom is 0.168 e. The SMILES string of the molecule is O=Cc1[nH]ncc1C1CC1. The van der Waals surface area contributed by atoms with E-state index in [1.54, 1.807) is 6.20 Å². The highest BCUT2D eigenvalue weighted by molar-refractivity contribution is 5.74. The molecule has 1 aliphatic carbocycles. The van der Waals surface area contributed by atoms with Gasteiger partial charge in [0.15, 0.2) is 6.29 Å². The number of aldehydes is 1. The predicted octanol–water partition coefficient (Wildman–Crippen LogP) is 1.10. The van der Waals surface area contributed by atoms with Crippen LogP contribution >= 0.6 is 0 Å². The van der Waals surface area contributed by atoms with Gasteiger partial charge < -0.3 is 0 Å². The van der Waals surface area contributed by atoms with Gasteiger partial charge in [-0.1, -0.05) is 0 Å². The Morgan fingerprint density at radius 1 is 1.70 bits per heavy atom. The van der Waals surface area contributed by atoms with Crippen LogP contribution < -0.4 is 0 Å². The minimum absolute atomic E-state index is 0.610. The molecule has 0 radical (unpaired) electrons. The smallest absolute Gasteiger partial charge is 0.168 e. The number of H-pyrrole nitrogens is 1. The summed E-state index contributed by atoms with van der Waals surface area (Å²) in [6, 6.07) is 0. The minimum Gasteiger partial charge on any atom is -0.296 e. The lowest BCUT2D eigenvalue weighted by Crippen LogP contribution is -1.85. The number of hydrogen-bond donors (Lipinski definition) is 1. The molecule has 2 rings (SSSR count). The number of carbonyl (C=O) groups excluding carboxylic acids is 1. The van der Waals surface area contributed by atoms with Gasteiger partial charge in [0.05, 0.1) is 6.20 Å². The van der Waals surface area contributed by atoms with E-state index < -0.39 is 0 Å². The standard InChI is InChI=1S/C7H8N2O/c10-4-7-6(3-8-9-7)5-1-2-5/h3-5H,1-2H2,(H,8,9). The molecule has 0 saturated heterocycles. The largest absolute Gasteiger partial charge is 0.296 e. The van der Waals surface area contributed by atoms with Crippen LogP contribution in [0.15, 0.2) is 6.20 Å². The molecule has 3 nitrogen and oxygen atoms in total. The van der Waals surface area contributed by atoms with Gasteiger partial charge in [-0.3, -0.25) is 9.89 Å². The van der Waals surface area contributed by atoms with Crippen LogP contribution in [-0.2, 0) is 0 Å². The van der Waals surface area contributed by atoms with Gasteiger partial charge in [0.1, 0.15) is 5.69 Å². The topological polar surface area (TPSA) is 45.8 Å². The number of rotatable bonds is 2. The van der Waals surface area contributed by atoms with Crippen molar-refractivity contribution >= 4 is 6.29 Å². The summed E-state index contributed by atoms with van der Waals surface area (Å²) in [4.78, 5) is 10.3. The fourth-order valence-corrected chi connectivity index (χ4v) is 1.12. The Kier molecular flexibility index (Phi) is 1.09. The average molecular weight is 136 g/mol. The van der Waals surface area contributed by atoms with Crippen molar-refractivity contribution in [1.82, 2.24) is 10.2 Å². The Morgan fingerprint density at radius 2 is 2.50 bits per heavy atom. The summed E-state index contributed by atoms with van der Waals surface area (Å²) in [5, 5.41) is 6.46. The van der Waals surface area contributed by atoms with Crippen molar-refractivity contribution in [1.29, 1.82) is 0 Å². The van der Waals surface area contributed by atoms with Crippen molar-refractivity contribution in [2.75, 3.05) is 0 Å². The molecule has 1 heterocycles. The quantitative estimate of drug-likeness (QED) is 0.619. The molecular weight excluding hydrogens is 128 g/mol. The monoisotopic (exact) mass is 136 g/mol. The second-order valence-electron chi connectivity index (χ2n) is 2.63. The third-order valence-corrected chi connectivity index (χ3v) is 1.83. The van der Waals surface area contributed by atoms with Crippen LogP contribution in [0.25, 0.3) is 0 Å². The second-order valence-corrected chi connectivity index (χ2v) is 2.63. The molecule has 1 aromatic heterocycles. The van der Waals surface area contributed by atoms with Crippen LogP contribution in [0, 0.1) is 0 Å². The van der Waals surface area contributed by atoms with E-state index in [2.05, 4.69) is 10.2 Å². The van der Waals surface area contributed by atoms with Gasteiger partial charge >= 0.3 is 0 Å². The molecule has 0 aromatic carbocycles. The molecule has 1 fully saturated rings. The maximum atomic E-state index is 10.3. The lowest BCUT2D eigenvalue weighted by atomic mass is 10.2. The summed E-state index contributed by atoms with van der Waals surface area (Å²) < 4.78 is 0. The molecule has 0 atom stereocenters. The van der Waals surface area contributed by atoms with E-state index in [-0.39, 0.29) is 0 Å². The Labute approximate surface area is 58.4 Å². The van der Waals surface area contributed by atoms with Gasteiger partial charge in [0.25, 0.3) is 0 Å².